The van der Waals surface area contributed by atoms with Crippen molar-refractivity contribution in [3.63, 3.8) is 0 Å². The summed E-state index contributed by atoms with van der Waals surface area (Å²) in [6, 6.07) is 50.0. The van der Waals surface area contributed by atoms with Crippen LogP contribution in [0, 0.1) is 0 Å². The molecule has 6 aromatic carbocycles. The zero-order chi connectivity index (χ0) is 33.3. The fourth-order valence-electron chi connectivity index (χ4n) is 6.68. The Morgan fingerprint density at radius 2 is 1.27 bits per heavy atom. The third-order valence-corrected chi connectivity index (χ3v) is 8.83. The first-order chi connectivity index (χ1) is 23.8. The maximum Gasteiger partial charge on any atom is 0.136 e. The molecule has 1 aromatic heterocycles. The van der Waals surface area contributed by atoms with Crippen molar-refractivity contribution in [1.29, 1.82) is 0 Å². The first-order valence-corrected chi connectivity index (χ1v) is 17.0. The van der Waals surface area contributed by atoms with Crippen LogP contribution < -0.4 is 5.73 Å². The van der Waals surface area contributed by atoms with Crippen molar-refractivity contribution >= 4 is 33.6 Å². The largest absolute Gasteiger partial charge is 0.456 e. The number of hydrogen-bond donors (Lipinski definition) is 1. The molecule has 1 heterocycles. The minimum absolute atomic E-state index is 0.834. The monoisotopic (exact) mass is 625 g/mol. The zero-order valence-corrected chi connectivity index (χ0v) is 28.1. The van der Waals surface area contributed by atoms with Crippen molar-refractivity contribution in [2.24, 2.45) is 5.73 Å². The van der Waals surface area contributed by atoms with Crippen LogP contribution in [0.15, 0.2) is 156 Å². The molecular weight excluding hydrogens is 583 g/mol. The van der Waals surface area contributed by atoms with Gasteiger partial charge in [0.25, 0.3) is 0 Å². The average Bonchev–Trinajstić information content (AvgIpc) is 3.57. The van der Waals surface area contributed by atoms with Crippen molar-refractivity contribution in [3.05, 3.63) is 179 Å². The third kappa shape index (κ3) is 6.67. The second kappa shape index (κ2) is 15.4. The normalized spacial score (nSPS) is 12.1. The van der Waals surface area contributed by atoms with E-state index in [1.54, 1.807) is 0 Å². The SMILES string of the molecule is C1=Cc2ccc3oc4cccc(-c5cccc(C/C=C(\c6ccccc6)c6ccc(-c7ccccc7)cc6)c5)c4c3c2CC1.CC.CN. The van der Waals surface area contributed by atoms with Crippen LogP contribution in [0.3, 0.4) is 0 Å². The van der Waals surface area contributed by atoms with Gasteiger partial charge < -0.3 is 10.2 Å². The van der Waals surface area contributed by atoms with Gasteiger partial charge in [0.15, 0.2) is 0 Å². The van der Waals surface area contributed by atoms with Gasteiger partial charge >= 0.3 is 0 Å². The van der Waals surface area contributed by atoms with Gasteiger partial charge in [0.2, 0.25) is 0 Å². The molecule has 2 nitrogen and oxygen atoms in total. The fourth-order valence-corrected chi connectivity index (χ4v) is 6.68. The molecule has 0 saturated heterocycles. The number of hydrogen-bond acceptors (Lipinski definition) is 2. The van der Waals surface area contributed by atoms with Crippen molar-refractivity contribution in [2.75, 3.05) is 7.05 Å². The summed E-state index contributed by atoms with van der Waals surface area (Å²) in [5.74, 6) is 0. The Bertz CT molecular complexity index is 2170. The highest BCUT2D eigenvalue weighted by Gasteiger charge is 2.18. The van der Waals surface area contributed by atoms with E-state index in [2.05, 4.69) is 163 Å². The number of nitrogens with two attached hydrogens (primary N) is 1. The maximum atomic E-state index is 6.39. The van der Waals surface area contributed by atoms with E-state index in [9.17, 15) is 0 Å². The Labute approximate surface area is 284 Å². The van der Waals surface area contributed by atoms with E-state index in [-0.39, 0.29) is 0 Å². The Morgan fingerprint density at radius 3 is 2.04 bits per heavy atom. The molecule has 0 bridgehead atoms. The molecule has 0 radical (unpaired) electrons. The summed E-state index contributed by atoms with van der Waals surface area (Å²) in [6.45, 7) is 4.00. The molecule has 0 spiro atoms. The van der Waals surface area contributed by atoms with E-state index < -0.39 is 0 Å². The minimum Gasteiger partial charge on any atom is -0.456 e. The number of aryl methyl sites for hydroxylation is 1. The highest BCUT2D eigenvalue weighted by atomic mass is 16.3. The molecule has 1 aliphatic rings. The average molecular weight is 626 g/mol. The summed E-state index contributed by atoms with van der Waals surface area (Å²) in [5.41, 5.74) is 19.0. The molecule has 1 aliphatic carbocycles. The Hall–Kier alpha value is -5.44. The van der Waals surface area contributed by atoms with Crippen LogP contribution >= 0.6 is 0 Å². The zero-order valence-electron chi connectivity index (χ0n) is 28.1. The molecule has 48 heavy (non-hydrogen) atoms. The van der Waals surface area contributed by atoms with Crippen LogP contribution in [0.1, 0.15) is 48.1 Å². The lowest BCUT2D eigenvalue weighted by Gasteiger charge is -2.13. The Kier molecular flexibility index (Phi) is 10.4. The fraction of sp³-hybridized carbons (Fsp3) is 0.130. The smallest absolute Gasteiger partial charge is 0.136 e. The van der Waals surface area contributed by atoms with Crippen LogP contribution in [0.25, 0.3) is 55.8 Å². The van der Waals surface area contributed by atoms with Crippen LogP contribution in [0.5, 0.6) is 0 Å². The van der Waals surface area contributed by atoms with Gasteiger partial charge in [-0.3, -0.25) is 0 Å². The standard InChI is InChI=1S/C43H32O.C2H6.CH5N/c1-3-12-31(13-4-1)32-22-24-35(25-23-32)37(33-14-5-2-6-15-33)27-21-30-11-9-17-36(29-30)39-19-10-20-40-43(39)42-38-18-8-7-16-34(38)26-28-41(42)44-40;2*1-2/h1-7,9-17,19-20,22-29H,8,18,21H2;1-2H3;2H2,1H3/b37-27+;;. The summed E-state index contributed by atoms with van der Waals surface area (Å²) in [5, 5.41) is 2.50. The minimum atomic E-state index is 0.834. The van der Waals surface area contributed by atoms with Crippen molar-refractivity contribution < 1.29 is 4.42 Å². The van der Waals surface area contributed by atoms with Gasteiger partial charge in [-0.25, -0.2) is 0 Å². The van der Waals surface area contributed by atoms with Crippen LogP contribution in [0.4, 0.5) is 0 Å². The molecule has 8 rings (SSSR count). The van der Waals surface area contributed by atoms with E-state index in [1.807, 2.05) is 13.8 Å². The quantitative estimate of drug-likeness (QED) is 0.200. The van der Waals surface area contributed by atoms with Gasteiger partial charge in [-0.2, -0.15) is 0 Å². The number of furan rings is 1. The van der Waals surface area contributed by atoms with E-state index in [0.717, 1.165) is 30.4 Å². The molecule has 0 amide bonds. The van der Waals surface area contributed by atoms with E-state index in [1.165, 1.54) is 73.5 Å². The van der Waals surface area contributed by atoms with Crippen molar-refractivity contribution in [2.45, 2.75) is 33.1 Å². The number of benzene rings is 6. The molecule has 0 saturated carbocycles. The van der Waals surface area contributed by atoms with Crippen LogP contribution in [-0.2, 0) is 12.8 Å². The predicted molar refractivity (Wildman–Crippen MR) is 207 cm³/mol. The van der Waals surface area contributed by atoms with Gasteiger partial charge in [-0.15, -0.1) is 0 Å². The number of rotatable bonds is 6. The molecule has 7 aromatic rings. The summed E-state index contributed by atoms with van der Waals surface area (Å²) in [4.78, 5) is 0. The second-order valence-electron chi connectivity index (χ2n) is 11.6. The molecule has 0 aliphatic heterocycles. The molecule has 0 atom stereocenters. The van der Waals surface area contributed by atoms with Gasteiger partial charge in [-0.05, 0) is 94.1 Å². The maximum absolute atomic E-state index is 6.39. The molecule has 0 fully saturated rings. The molecule has 2 heteroatoms. The van der Waals surface area contributed by atoms with Crippen LogP contribution in [0.2, 0.25) is 0 Å². The summed E-state index contributed by atoms with van der Waals surface area (Å²) in [7, 11) is 1.50. The lowest BCUT2D eigenvalue weighted by molar-refractivity contribution is 0.668. The van der Waals surface area contributed by atoms with Gasteiger partial charge in [0, 0.05) is 10.8 Å². The topological polar surface area (TPSA) is 39.2 Å². The van der Waals surface area contributed by atoms with Crippen molar-refractivity contribution in [3.8, 4) is 22.3 Å². The summed E-state index contributed by atoms with van der Waals surface area (Å²) >= 11 is 0. The Morgan fingerprint density at radius 1 is 0.625 bits per heavy atom. The number of fused-ring (bicyclic) bond motifs is 5. The molecule has 238 valence electrons. The first-order valence-electron chi connectivity index (χ1n) is 17.0. The van der Waals surface area contributed by atoms with Gasteiger partial charge in [-0.1, -0.05) is 159 Å². The molecular formula is C46H43NO. The summed E-state index contributed by atoms with van der Waals surface area (Å²) < 4.78 is 6.39. The summed E-state index contributed by atoms with van der Waals surface area (Å²) in [6.07, 6.45) is 9.86. The Balaban J connectivity index is 0.000000969. The lowest BCUT2D eigenvalue weighted by atomic mass is 9.90. The van der Waals surface area contributed by atoms with Crippen LogP contribution in [-0.4, -0.2) is 7.05 Å². The first kappa shape index (κ1) is 32.5. The van der Waals surface area contributed by atoms with E-state index >= 15 is 0 Å². The molecule has 2 N–H and O–H groups in total. The predicted octanol–water partition coefficient (Wildman–Crippen LogP) is 12.2. The number of allylic oxidation sites excluding steroid dienone is 2. The van der Waals surface area contributed by atoms with Gasteiger partial charge in [0.1, 0.15) is 11.2 Å². The van der Waals surface area contributed by atoms with Gasteiger partial charge in [0.05, 0.1) is 0 Å². The van der Waals surface area contributed by atoms with E-state index in [0.29, 0.717) is 0 Å². The highest BCUT2D eigenvalue weighted by Crippen LogP contribution is 2.41. The highest BCUT2D eigenvalue weighted by molar-refractivity contribution is 6.14. The van der Waals surface area contributed by atoms with Crippen molar-refractivity contribution in [1.82, 2.24) is 0 Å². The third-order valence-electron chi connectivity index (χ3n) is 8.83. The van der Waals surface area contributed by atoms with E-state index in [4.69, 9.17) is 4.42 Å². The second-order valence-corrected chi connectivity index (χ2v) is 11.6. The lowest BCUT2D eigenvalue weighted by Crippen LogP contribution is -1.94. The molecule has 0 unspecified atom stereocenters.